The molecule has 0 aromatic carbocycles. The van der Waals surface area contributed by atoms with Crippen LogP contribution in [0.2, 0.25) is 0 Å². The highest BCUT2D eigenvalue weighted by atomic mass is 16.4. The van der Waals surface area contributed by atoms with Crippen LogP contribution in [-0.4, -0.2) is 23.0 Å². The van der Waals surface area contributed by atoms with Crippen molar-refractivity contribution in [3.63, 3.8) is 0 Å². The molecule has 0 aliphatic carbocycles. The SMILES string of the molecule is CCCCC/C=C\C/C=C\CCCCCCCC(=O)NC(CC(C)C)C(=O)O. The lowest BCUT2D eigenvalue weighted by Crippen LogP contribution is -2.41. The van der Waals surface area contributed by atoms with Gasteiger partial charge in [-0.3, -0.25) is 4.79 Å². The number of nitrogens with one attached hydrogen (secondary N) is 1. The van der Waals surface area contributed by atoms with Crippen molar-refractivity contribution in [2.75, 3.05) is 0 Å². The summed E-state index contributed by atoms with van der Waals surface area (Å²) in [5, 5.41) is 11.8. The first-order valence-electron chi connectivity index (χ1n) is 11.3. The fraction of sp³-hybridized carbons (Fsp3) is 0.750. The van der Waals surface area contributed by atoms with Gasteiger partial charge in [-0.15, -0.1) is 0 Å². The molecule has 2 N–H and O–H groups in total. The molecule has 0 aliphatic heterocycles. The van der Waals surface area contributed by atoms with Gasteiger partial charge < -0.3 is 10.4 Å². The Morgan fingerprint density at radius 2 is 1.43 bits per heavy atom. The molecule has 0 aliphatic rings. The normalized spacial score (nSPS) is 12.9. The topological polar surface area (TPSA) is 66.4 Å². The van der Waals surface area contributed by atoms with E-state index in [4.69, 9.17) is 5.11 Å². The molecule has 4 nitrogen and oxygen atoms in total. The van der Waals surface area contributed by atoms with Crippen molar-refractivity contribution >= 4 is 11.9 Å². The summed E-state index contributed by atoms with van der Waals surface area (Å²) in [5.41, 5.74) is 0. The Hall–Kier alpha value is -1.58. The van der Waals surface area contributed by atoms with Crippen molar-refractivity contribution in [2.24, 2.45) is 5.92 Å². The number of carboxylic acid groups (broad SMARTS) is 1. The number of aliphatic carboxylic acids is 1. The van der Waals surface area contributed by atoms with Crippen LogP contribution in [0.5, 0.6) is 0 Å². The average Bonchev–Trinajstić information content (AvgIpc) is 2.64. The second-order valence-corrected chi connectivity index (χ2v) is 8.07. The number of hydrogen-bond donors (Lipinski definition) is 2. The van der Waals surface area contributed by atoms with Crippen molar-refractivity contribution < 1.29 is 14.7 Å². The first-order chi connectivity index (χ1) is 13.5. The Labute approximate surface area is 172 Å². The number of hydrogen-bond acceptors (Lipinski definition) is 2. The molecule has 0 fully saturated rings. The fourth-order valence-electron chi connectivity index (χ4n) is 3.06. The lowest BCUT2D eigenvalue weighted by molar-refractivity contribution is -0.142. The van der Waals surface area contributed by atoms with Gasteiger partial charge in [0, 0.05) is 6.42 Å². The zero-order valence-electron chi connectivity index (χ0n) is 18.4. The van der Waals surface area contributed by atoms with E-state index in [0.717, 1.165) is 32.1 Å². The molecule has 0 radical (unpaired) electrons. The maximum absolute atomic E-state index is 11.9. The molecule has 28 heavy (non-hydrogen) atoms. The third-order valence-corrected chi connectivity index (χ3v) is 4.69. The van der Waals surface area contributed by atoms with Gasteiger partial charge in [-0.05, 0) is 50.9 Å². The summed E-state index contributed by atoms with van der Waals surface area (Å²) in [6.45, 7) is 6.15. The predicted molar refractivity (Wildman–Crippen MR) is 118 cm³/mol. The van der Waals surface area contributed by atoms with E-state index in [1.807, 2.05) is 13.8 Å². The lowest BCUT2D eigenvalue weighted by atomic mass is 10.0. The van der Waals surface area contributed by atoms with E-state index in [1.165, 1.54) is 38.5 Å². The Morgan fingerprint density at radius 3 is 2.00 bits per heavy atom. The Kier molecular flexibility index (Phi) is 17.7. The van der Waals surface area contributed by atoms with E-state index in [2.05, 4.69) is 36.5 Å². The van der Waals surface area contributed by atoms with Crippen LogP contribution in [0.3, 0.4) is 0 Å². The van der Waals surface area contributed by atoms with Gasteiger partial charge in [-0.25, -0.2) is 4.79 Å². The third-order valence-electron chi connectivity index (χ3n) is 4.69. The maximum Gasteiger partial charge on any atom is 0.326 e. The van der Waals surface area contributed by atoms with Gasteiger partial charge in [0.15, 0.2) is 0 Å². The zero-order valence-corrected chi connectivity index (χ0v) is 18.4. The maximum atomic E-state index is 11.9. The van der Waals surface area contributed by atoms with Crippen molar-refractivity contribution in [1.29, 1.82) is 0 Å². The number of amides is 1. The molecule has 0 bridgehead atoms. The van der Waals surface area contributed by atoms with Crippen molar-refractivity contribution in [3.05, 3.63) is 24.3 Å². The number of carbonyl (C=O) groups excluding carboxylic acids is 1. The van der Waals surface area contributed by atoms with E-state index < -0.39 is 12.0 Å². The molecule has 0 rings (SSSR count). The minimum atomic E-state index is -0.943. The second-order valence-electron chi connectivity index (χ2n) is 8.07. The molecule has 0 saturated heterocycles. The summed E-state index contributed by atoms with van der Waals surface area (Å²) >= 11 is 0. The van der Waals surface area contributed by atoms with Crippen LogP contribution in [0.15, 0.2) is 24.3 Å². The molecule has 1 atom stereocenters. The molecule has 0 saturated carbocycles. The van der Waals surface area contributed by atoms with Gasteiger partial charge in [0.2, 0.25) is 5.91 Å². The fourth-order valence-corrected chi connectivity index (χ4v) is 3.06. The Morgan fingerprint density at radius 1 is 0.857 bits per heavy atom. The third kappa shape index (κ3) is 17.8. The van der Waals surface area contributed by atoms with Gasteiger partial charge in [0.1, 0.15) is 6.04 Å². The molecule has 0 spiro atoms. The number of carbonyl (C=O) groups is 2. The van der Waals surface area contributed by atoms with Crippen LogP contribution in [-0.2, 0) is 9.59 Å². The van der Waals surface area contributed by atoms with Gasteiger partial charge in [0.05, 0.1) is 0 Å². The van der Waals surface area contributed by atoms with Crippen LogP contribution in [0.4, 0.5) is 0 Å². The first kappa shape index (κ1) is 26.4. The van der Waals surface area contributed by atoms with Crippen LogP contribution >= 0.6 is 0 Å². The number of carboxylic acids is 1. The van der Waals surface area contributed by atoms with Crippen LogP contribution in [0.25, 0.3) is 0 Å². The van der Waals surface area contributed by atoms with Gasteiger partial charge in [-0.2, -0.15) is 0 Å². The largest absolute Gasteiger partial charge is 0.480 e. The highest BCUT2D eigenvalue weighted by Crippen LogP contribution is 2.09. The Balaban J connectivity index is 3.57. The van der Waals surface area contributed by atoms with Crippen LogP contribution in [0, 0.1) is 5.92 Å². The zero-order chi connectivity index (χ0) is 21.0. The minimum absolute atomic E-state index is 0.140. The van der Waals surface area contributed by atoms with Gasteiger partial charge in [0.25, 0.3) is 0 Å². The van der Waals surface area contributed by atoms with Crippen molar-refractivity contribution in [3.8, 4) is 0 Å². The molecule has 1 amide bonds. The molecular weight excluding hydrogens is 350 g/mol. The molecule has 162 valence electrons. The van der Waals surface area contributed by atoms with E-state index in [1.54, 1.807) is 0 Å². The Bertz CT molecular complexity index is 455. The second kappa shape index (κ2) is 18.8. The highest BCUT2D eigenvalue weighted by molar-refractivity contribution is 5.83. The van der Waals surface area contributed by atoms with E-state index >= 15 is 0 Å². The molecule has 0 aromatic heterocycles. The standard InChI is InChI=1S/C24H43NO3/c1-4-5-6-7-8-9-10-11-12-13-14-15-16-17-18-19-23(26)25-22(24(27)28)20-21(2)3/h8-9,11-12,21-22H,4-7,10,13-20H2,1-3H3,(H,25,26)(H,27,28)/b9-8-,12-11-. The molecule has 0 heterocycles. The van der Waals surface area contributed by atoms with E-state index in [9.17, 15) is 9.59 Å². The van der Waals surface area contributed by atoms with Crippen molar-refractivity contribution in [2.45, 2.75) is 110 Å². The summed E-state index contributed by atoms with van der Waals surface area (Å²) in [6.07, 6.45) is 22.6. The van der Waals surface area contributed by atoms with Crippen molar-refractivity contribution in [1.82, 2.24) is 5.32 Å². The van der Waals surface area contributed by atoms with Crippen LogP contribution < -0.4 is 5.32 Å². The molecule has 0 aromatic rings. The quantitative estimate of drug-likeness (QED) is 0.209. The summed E-state index contributed by atoms with van der Waals surface area (Å²) in [6, 6.07) is -0.759. The smallest absolute Gasteiger partial charge is 0.326 e. The molecule has 4 heteroatoms. The average molecular weight is 394 g/mol. The van der Waals surface area contributed by atoms with E-state index in [0.29, 0.717) is 12.8 Å². The summed E-state index contributed by atoms with van der Waals surface area (Å²) in [7, 11) is 0. The summed E-state index contributed by atoms with van der Waals surface area (Å²) in [5.74, 6) is -0.835. The van der Waals surface area contributed by atoms with Gasteiger partial charge in [-0.1, -0.05) is 77.2 Å². The number of allylic oxidation sites excluding steroid dienone is 4. The van der Waals surface area contributed by atoms with Crippen LogP contribution in [0.1, 0.15) is 104 Å². The predicted octanol–water partition coefficient (Wildman–Crippen LogP) is 6.42. The summed E-state index contributed by atoms with van der Waals surface area (Å²) < 4.78 is 0. The lowest BCUT2D eigenvalue weighted by Gasteiger charge is -2.16. The van der Waals surface area contributed by atoms with Gasteiger partial charge >= 0.3 is 5.97 Å². The number of unbranched alkanes of at least 4 members (excludes halogenated alkanes) is 8. The summed E-state index contributed by atoms with van der Waals surface area (Å²) in [4.78, 5) is 23.0. The first-order valence-corrected chi connectivity index (χ1v) is 11.3. The molecular formula is C24H43NO3. The minimum Gasteiger partial charge on any atom is -0.480 e. The molecule has 1 unspecified atom stereocenters. The monoisotopic (exact) mass is 393 g/mol. The highest BCUT2D eigenvalue weighted by Gasteiger charge is 2.20. The van der Waals surface area contributed by atoms with E-state index in [-0.39, 0.29) is 11.8 Å². The number of rotatable bonds is 18.